The molecule has 0 bridgehead atoms. The smallest absolute Gasteiger partial charge is 0.224 e. The lowest BCUT2D eigenvalue weighted by molar-refractivity contribution is -0.139. The first kappa shape index (κ1) is 14.6. The van der Waals surface area contributed by atoms with Crippen molar-refractivity contribution in [3.8, 4) is 0 Å². The van der Waals surface area contributed by atoms with Gasteiger partial charge in [0.1, 0.15) is 6.10 Å². The number of morpholine rings is 1. The minimum Gasteiger partial charge on any atom is -0.367 e. The molecule has 1 aliphatic heterocycles. The van der Waals surface area contributed by atoms with E-state index in [4.69, 9.17) is 4.74 Å². The third-order valence-corrected chi connectivity index (χ3v) is 3.66. The molecule has 1 fully saturated rings. The molecule has 7 heteroatoms. The topological polar surface area (TPSA) is 73.1 Å². The molecule has 116 valence electrons. The molecule has 0 saturated carbocycles. The van der Waals surface area contributed by atoms with Gasteiger partial charge in [-0.3, -0.25) is 4.79 Å². The first-order valence-corrected chi connectivity index (χ1v) is 7.37. The number of hydrogen-bond donors (Lipinski definition) is 0. The van der Waals surface area contributed by atoms with Crippen molar-refractivity contribution in [2.45, 2.75) is 26.0 Å². The third-order valence-electron chi connectivity index (χ3n) is 3.66. The Bertz CT molecular complexity index is 629. The van der Waals surface area contributed by atoms with E-state index in [-0.39, 0.29) is 12.0 Å². The molecule has 3 rings (SSSR count). The van der Waals surface area contributed by atoms with Crippen LogP contribution in [0.15, 0.2) is 31.0 Å². The Balaban J connectivity index is 1.59. The number of nitrogens with zero attached hydrogens (tertiary/aromatic N) is 5. The van der Waals surface area contributed by atoms with Gasteiger partial charge >= 0.3 is 0 Å². The van der Waals surface area contributed by atoms with Crippen LogP contribution >= 0.6 is 0 Å². The van der Waals surface area contributed by atoms with Crippen LogP contribution in [0.4, 0.5) is 0 Å². The number of carbonyl (C=O) groups is 1. The summed E-state index contributed by atoms with van der Waals surface area (Å²) in [5.41, 5.74) is 0.900. The Morgan fingerprint density at radius 3 is 3.14 bits per heavy atom. The number of hydrogen-bond acceptors (Lipinski definition) is 5. The van der Waals surface area contributed by atoms with Crippen LogP contribution in [0.3, 0.4) is 0 Å². The molecule has 1 aliphatic rings. The second-order valence-corrected chi connectivity index (χ2v) is 5.31. The predicted octanol–water partition coefficient (Wildman–Crippen LogP) is 0.972. The lowest BCUT2D eigenvalue weighted by atomic mass is 10.2. The van der Waals surface area contributed by atoms with Crippen LogP contribution in [-0.4, -0.2) is 50.0 Å². The number of aromatic nitrogens is 4. The summed E-state index contributed by atoms with van der Waals surface area (Å²) >= 11 is 0. The highest BCUT2D eigenvalue weighted by Crippen LogP contribution is 2.19. The molecule has 0 spiro atoms. The molecule has 1 amide bonds. The van der Waals surface area contributed by atoms with Gasteiger partial charge in [-0.05, 0) is 13.0 Å². The van der Waals surface area contributed by atoms with E-state index in [1.165, 1.54) is 0 Å². The standard InChI is InChI=1S/C15H19N5O2/c1-12-2-4-17-15(18-12)13-10-20(8-9-22-13)14(21)3-6-19-7-5-16-11-19/h2,4-5,7,11,13H,3,6,8-10H2,1H3. The van der Waals surface area contributed by atoms with Gasteiger partial charge in [-0.1, -0.05) is 0 Å². The van der Waals surface area contributed by atoms with Crippen molar-refractivity contribution in [3.63, 3.8) is 0 Å². The Morgan fingerprint density at radius 2 is 2.36 bits per heavy atom. The largest absolute Gasteiger partial charge is 0.367 e. The van der Waals surface area contributed by atoms with Gasteiger partial charge in [0.2, 0.25) is 5.91 Å². The first-order valence-electron chi connectivity index (χ1n) is 7.37. The van der Waals surface area contributed by atoms with Crippen molar-refractivity contribution in [1.29, 1.82) is 0 Å². The Hall–Kier alpha value is -2.28. The highest BCUT2D eigenvalue weighted by Gasteiger charge is 2.26. The zero-order chi connectivity index (χ0) is 15.4. The van der Waals surface area contributed by atoms with E-state index < -0.39 is 0 Å². The molecule has 3 heterocycles. The normalized spacial score (nSPS) is 18.4. The number of imidazole rings is 1. The zero-order valence-corrected chi connectivity index (χ0v) is 12.6. The third kappa shape index (κ3) is 3.48. The van der Waals surface area contributed by atoms with Crippen molar-refractivity contribution in [2.75, 3.05) is 19.7 Å². The lowest BCUT2D eigenvalue weighted by Crippen LogP contribution is -2.42. The number of ether oxygens (including phenoxy) is 1. The molecular weight excluding hydrogens is 282 g/mol. The monoisotopic (exact) mass is 301 g/mol. The number of amides is 1. The van der Waals surface area contributed by atoms with Crippen LogP contribution in [0.1, 0.15) is 24.0 Å². The molecule has 2 aromatic heterocycles. The maximum Gasteiger partial charge on any atom is 0.224 e. The Labute approximate surface area is 129 Å². The minimum atomic E-state index is -0.245. The molecular formula is C15H19N5O2. The van der Waals surface area contributed by atoms with Gasteiger partial charge in [0.25, 0.3) is 0 Å². The quantitative estimate of drug-likeness (QED) is 0.841. The molecule has 0 aromatic carbocycles. The van der Waals surface area contributed by atoms with E-state index in [2.05, 4.69) is 15.0 Å². The highest BCUT2D eigenvalue weighted by atomic mass is 16.5. The first-order chi connectivity index (χ1) is 10.7. The molecule has 1 saturated heterocycles. The zero-order valence-electron chi connectivity index (χ0n) is 12.6. The fourth-order valence-electron chi connectivity index (χ4n) is 2.46. The van der Waals surface area contributed by atoms with Crippen LogP contribution in [-0.2, 0) is 16.1 Å². The van der Waals surface area contributed by atoms with Crippen LogP contribution in [0.2, 0.25) is 0 Å². The van der Waals surface area contributed by atoms with Crippen LogP contribution < -0.4 is 0 Å². The Kier molecular flexibility index (Phi) is 4.43. The summed E-state index contributed by atoms with van der Waals surface area (Å²) < 4.78 is 7.62. The summed E-state index contributed by atoms with van der Waals surface area (Å²) in [5, 5.41) is 0. The fourth-order valence-corrected chi connectivity index (χ4v) is 2.46. The maximum absolute atomic E-state index is 12.3. The fraction of sp³-hybridized carbons (Fsp3) is 0.467. The maximum atomic E-state index is 12.3. The summed E-state index contributed by atoms with van der Waals surface area (Å²) in [4.78, 5) is 26.8. The van der Waals surface area contributed by atoms with Gasteiger partial charge in [0.05, 0.1) is 19.5 Å². The molecule has 0 N–H and O–H groups in total. The van der Waals surface area contributed by atoms with E-state index in [1.54, 1.807) is 18.7 Å². The number of rotatable bonds is 4. The van der Waals surface area contributed by atoms with E-state index in [0.717, 1.165) is 5.69 Å². The van der Waals surface area contributed by atoms with Crippen molar-refractivity contribution in [1.82, 2.24) is 24.4 Å². The molecule has 1 unspecified atom stereocenters. The summed E-state index contributed by atoms with van der Waals surface area (Å²) in [5.74, 6) is 0.766. The van der Waals surface area contributed by atoms with Crippen LogP contribution in [0.25, 0.3) is 0 Å². The highest BCUT2D eigenvalue weighted by molar-refractivity contribution is 5.76. The van der Waals surface area contributed by atoms with Crippen molar-refractivity contribution < 1.29 is 9.53 Å². The lowest BCUT2D eigenvalue weighted by Gasteiger charge is -2.32. The minimum absolute atomic E-state index is 0.120. The molecule has 0 aliphatic carbocycles. The van der Waals surface area contributed by atoms with E-state index in [0.29, 0.717) is 38.5 Å². The molecule has 22 heavy (non-hydrogen) atoms. The molecule has 1 atom stereocenters. The van der Waals surface area contributed by atoms with E-state index in [1.807, 2.05) is 28.7 Å². The van der Waals surface area contributed by atoms with E-state index in [9.17, 15) is 4.79 Å². The van der Waals surface area contributed by atoms with Crippen molar-refractivity contribution >= 4 is 5.91 Å². The summed E-state index contributed by atoms with van der Waals surface area (Å²) in [6.45, 7) is 4.19. The SMILES string of the molecule is Cc1ccnc(C2CN(C(=O)CCn3ccnc3)CCO2)n1. The van der Waals surface area contributed by atoms with Gasteiger partial charge < -0.3 is 14.2 Å². The van der Waals surface area contributed by atoms with E-state index >= 15 is 0 Å². The average Bonchev–Trinajstić information content (AvgIpc) is 3.06. The van der Waals surface area contributed by atoms with Crippen LogP contribution in [0.5, 0.6) is 0 Å². The second kappa shape index (κ2) is 6.65. The average molecular weight is 301 g/mol. The van der Waals surface area contributed by atoms with Gasteiger partial charge in [0, 0.05) is 43.8 Å². The number of carbonyl (C=O) groups excluding carboxylic acids is 1. The molecule has 7 nitrogen and oxygen atoms in total. The van der Waals surface area contributed by atoms with Crippen molar-refractivity contribution in [3.05, 3.63) is 42.5 Å². The summed E-state index contributed by atoms with van der Waals surface area (Å²) in [6, 6.07) is 1.85. The van der Waals surface area contributed by atoms with Gasteiger partial charge in [-0.2, -0.15) is 0 Å². The summed E-state index contributed by atoms with van der Waals surface area (Å²) in [7, 11) is 0. The second-order valence-electron chi connectivity index (χ2n) is 5.31. The van der Waals surface area contributed by atoms with Crippen molar-refractivity contribution in [2.24, 2.45) is 0 Å². The van der Waals surface area contributed by atoms with Gasteiger partial charge in [0.15, 0.2) is 5.82 Å². The molecule has 0 radical (unpaired) electrons. The predicted molar refractivity (Wildman–Crippen MR) is 78.9 cm³/mol. The summed E-state index contributed by atoms with van der Waals surface area (Å²) in [6.07, 6.45) is 7.22. The van der Waals surface area contributed by atoms with Crippen LogP contribution in [0, 0.1) is 6.92 Å². The molecule has 2 aromatic rings. The van der Waals surface area contributed by atoms with Gasteiger partial charge in [-0.15, -0.1) is 0 Å². The Morgan fingerprint density at radius 1 is 1.45 bits per heavy atom. The number of aryl methyl sites for hydroxylation is 2. The van der Waals surface area contributed by atoms with Gasteiger partial charge in [-0.25, -0.2) is 15.0 Å².